The molecule has 2 aromatic carbocycles. The molecule has 0 aliphatic heterocycles. The molecule has 0 unspecified atom stereocenters. The van der Waals surface area contributed by atoms with Crippen LogP contribution in [0, 0.1) is 5.82 Å². The molecule has 2 rings (SSSR count). The average molecular weight is 324 g/mol. The topological polar surface area (TPSA) is 49.3 Å². The third-order valence-electron chi connectivity index (χ3n) is 2.55. The number of carbonyl (C=O) groups is 1. The van der Waals surface area contributed by atoms with Gasteiger partial charge in [-0.15, -0.1) is 0 Å². The zero-order valence-corrected chi connectivity index (χ0v) is 11.4. The minimum Gasteiger partial charge on any atom is -0.507 e. The van der Waals surface area contributed by atoms with Gasteiger partial charge in [0.25, 0.3) is 5.91 Å². The largest absolute Gasteiger partial charge is 0.507 e. The SMILES string of the molecule is O=C(NCc1cccc(Br)c1)c1ccc(F)cc1O. The van der Waals surface area contributed by atoms with Crippen molar-refractivity contribution >= 4 is 21.8 Å². The number of rotatable bonds is 3. The lowest BCUT2D eigenvalue weighted by molar-refractivity contribution is 0.0948. The molecule has 0 spiro atoms. The van der Waals surface area contributed by atoms with Crippen LogP contribution in [0.15, 0.2) is 46.9 Å². The second-order valence-corrected chi connectivity index (χ2v) is 4.89. The van der Waals surface area contributed by atoms with Crippen molar-refractivity contribution in [3.8, 4) is 5.75 Å². The van der Waals surface area contributed by atoms with Crippen LogP contribution < -0.4 is 5.32 Å². The Balaban J connectivity index is 2.05. The number of benzene rings is 2. The van der Waals surface area contributed by atoms with Crippen LogP contribution in [-0.4, -0.2) is 11.0 Å². The van der Waals surface area contributed by atoms with E-state index in [1.807, 2.05) is 24.3 Å². The van der Waals surface area contributed by atoms with E-state index < -0.39 is 11.7 Å². The quantitative estimate of drug-likeness (QED) is 0.911. The molecule has 0 atom stereocenters. The van der Waals surface area contributed by atoms with Gasteiger partial charge in [-0.25, -0.2) is 4.39 Å². The van der Waals surface area contributed by atoms with E-state index in [0.717, 1.165) is 22.2 Å². The van der Waals surface area contributed by atoms with Gasteiger partial charge in [-0.3, -0.25) is 4.79 Å². The zero-order valence-electron chi connectivity index (χ0n) is 9.86. The van der Waals surface area contributed by atoms with Crippen molar-refractivity contribution in [2.45, 2.75) is 6.54 Å². The normalized spacial score (nSPS) is 10.2. The third kappa shape index (κ3) is 3.54. The van der Waals surface area contributed by atoms with E-state index in [9.17, 15) is 14.3 Å². The van der Waals surface area contributed by atoms with Gasteiger partial charge in [0.15, 0.2) is 0 Å². The van der Waals surface area contributed by atoms with Gasteiger partial charge < -0.3 is 10.4 Å². The number of hydrogen-bond acceptors (Lipinski definition) is 2. The first kappa shape index (κ1) is 13.5. The second-order valence-electron chi connectivity index (χ2n) is 3.97. The standard InChI is InChI=1S/C14H11BrFNO2/c15-10-3-1-2-9(6-10)8-17-14(19)12-5-4-11(16)7-13(12)18/h1-7,18H,8H2,(H,17,19). The Morgan fingerprint density at radius 3 is 2.74 bits per heavy atom. The molecule has 3 nitrogen and oxygen atoms in total. The van der Waals surface area contributed by atoms with Crippen molar-refractivity contribution in [1.82, 2.24) is 5.32 Å². The van der Waals surface area contributed by atoms with Crippen molar-refractivity contribution in [1.29, 1.82) is 0 Å². The molecular formula is C14H11BrFNO2. The first-order valence-electron chi connectivity index (χ1n) is 5.57. The van der Waals surface area contributed by atoms with Crippen molar-refractivity contribution in [2.24, 2.45) is 0 Å². The van der Waals surface area contributed by atoms with E-state index in [0.29, 0.717) is 6.54 Å². The molecule has 0 aliphatic rings. The van der Waals surface area contributed by atoms with E-state index in [2.05, 4.69) is 21.2 Å². The summed E-state index contributed by atoms with van der Waals surface area (Å²) in [5.41, 5.74) is 0.973. The molecule has 98 valence electrons. The van der Waals surface area contributed by atoms with Gasteiger partial charge >= 0.3 is 0 Å². The highest BCUT2D eigenvalue weighted by molar-refractivity contribution is 9.10. The predicted molar refractivity (Wildman–Crippen MR) is 73.4 cm³/mol. The summed E-state index contributed by atoms with van der Waals surface area (Å²) in [6.07, 6.45) is 0. The summed E-state index contributed by atoms with van der Waals surface area (Å²) < 4.78 is 13.7. The fourth-order valence-corrected chi connectivity index (χ4v) is 2.07. The fraction of sp³-hybridized carbons (Fsp3) is 0.0714. The molecule has 0 fully saturated rings. The Kier molecular flexibility index (Phi) is 4.16. The highest BCUT2D eigenvalue weighted by atomic mass is 79.9. The molecule has 0 heterocycles. The Bertz CT molecular complexity index is 616. The van der Waals surface area contributed by atoms with Crippen LogP contribution in [0.25, 0.3) is 0 Å². The van der Waals surface area contributed by atoms with Gasteiger partial charge in [-0.1, -0.05) is 28.1 Å². The lowest BCUT2D eigenvalue weighted by Crippen LogP contribution is -2.22. The minimum absolute atomic E-state index is 0.0522. The molecular weight excluding hydrogens is 313 g/mol. The molecule has 0 saturated carbocycles. The summed E-state index contributed by atoms with van der Waals surface area (Å²) in [7, 11) is 0. The van der Waals surface area contributed by atoms with Gasteiger partial charge in [-0.2, -0.15) is 0 Å². The van der Waals surface area contributed by atoms with Crippen molar-refractivity contribution < 1.29 is 14.3 Å². The molecule has 0 aromatic heterocycles. The zero-order chi connectivity index (χ0) is 13.8. The summed E-state index contributed by atoms with van der Waals surface area (Å²) in [5, 5.41) is 12.2. The van der Waals surface area contributed by atoms with Crippen LogP contribution in [0.1, 0.15) is 15.9 Å². The smallest absolute Gasteiger partial charge is 0.255 e. The van der Waals surface area contributed by atoms with Crippen LogP contribution >= 0.6 is 15.9 Å². The fourth-order valence-electron chi connectivity index (χ4n) is 1.62. The van der Waals surface area contributed by atoms with E-state index in [1.54, 1.807) is 0 Å². The van der Waals surface area contributed by atoms with Crippen LogP contribution in [0.3, 0.4) is 0 Å². The van der Waals surface area contributed by atoms with Crippen LogP contribution in [0.4, 0.5) is 4.39 Å². The lowest BCUT2D eigenvalue weighted by Gasteiger charge is -2.07. The monoisotopic (exact) mass is 323 g/mol. The maximum atomic E-state index is 12.8. The number of hydrogen-bond donors (Lipinski definition) is 2. The summed E-state index contributed by atoms with van der Waals surface area (Å²) in [4.78, 5) is 11.8. The summed E-state index contributed by atoms with van der Waals surface area (Å²) in [5.74, 6) is -1.40. The van der Waals surface area contributed by atoms with Crippen molar-refractivity contribution in [3.05, 3.63) is 63.9 Å². The molecule has 2 N–H and O–H groups in total. The Hall–Kier alpha value is -1.88. The minimum atomic E-state index is -0.582. The Morgan fingerprint density at radius 2 is 2.05 bits per heavy atom. The number of phenolic OH excluding ortho intramolecular Hbond substituents is 1. The number of nitrogens with one attached hydrogen (secondary N) is 1. The lowest BCUT2D eigenvalue weighted by atomic mass is 10.1. The van der Waals surface area contributed by atoms with Gasteiger partial charge in [0.1, 0.15) is 11.6 Å². The summed E-state index contributed by atoms with van der Waals surface area (Å²) in [6.45, 7) is 0.328. The molecule has 2 aromatic rings. The Labute approximate surface area is 118 Å². The molecule has 0 saturated heterocycles. The van der Waals surface area contributed by atoms with E-state index in [-0.39, 0.29) is 11.3 Å². The van der Waals surface area contributed by atoms with Crippen molar-refractivity contribution in [2.75, 3.05) is 0 Å². The summed E-state index contributed by atoms with van der Waals surface area (Å²) >= 11 is 3.34. The molecule has 1 amide bonds. The number of carbonyl (C=O) groups excluding carboxylic acids is 1. The molecule has 5 heteroatoms. The predicted octanol–water partition coefficient (Wildman–Crippen LogP) is 3.22. The average Bonchev–Trinajstić information content (AvgIpc) is 2.36. The molecule has 19 heavy (non-hydrogen) atoms. The molecule has 0 aliphatic carbocycles. The van der Waals surface area contributed by atoms with Gasteiger partial charge in [0, 0.05) is 17.1 Å². The Morgan fingerprint density at radius 1 is 1.26 bits per heavy atom. The van der Waals surface area contributed by atoms with Crippen LogP contribution in [0.5, 0.6) is 5.75 Å². The first-order chi connectivity index (χ1) is 9.06. The van der Waals surface area contributed by atoms with Gasteiger partial charge in [0.05, 0.1) is 5.56 Å². The van der Waals surface area contributed by atoms with Gasteiger partial charge in [-0.05, 0) is 29.8 Å². The molecule has 0 bridgehead atoms. The highest BCUT2D eigenvalue weighted by Gasteiger charge is 2.11. The number of phenols is 1. The summed E-state index contributed by atoms with van der Waals surface area (Å²) in [6, 6.07) is 10.8. The maximum absolute atomic E-state index is 12.8. The van der Waals surface area contributed by atoms with E-state index in [1.165, 1.54) is 6.07 Å². The van der Waals surface area contributed by atoms with E-state index >= 15 is 0 Å². The maximum Gasteiger partial charge on any atom is 0.255 e. The van der Waals surface area contributed by atoms with Gasteiger partial charge in [0.2, 0.25) is 0 Å². The van der Waals surface area contributed by atoms with Crippen molar-refractivity contribution in [3.63, 3.8) is 0 Å². The van der Waals surface area contributed by atoms with E-state index in [4.69, 9.17) is 0 Å². The first-order valence-corrected chi connectivity index (χ1v) is 6.37. The van der Waals surface area contributed by atoms with Crippen LogP contribution in [0.2, 0.25) is 0 Å². The number of aromatic hydroxyl groups is 1. The highest BCUT2D eigenvalue weighted by Crippen LogP contribution is 2.18. The number of halogens is 2. The van der Waals surface area contributed by atoms with Crippen LogP contribution in [-0.2, 0) is 6.54 Å². The molecule has 0 radical (unpaired) electrons. The second kappa shape index (κ2) is 5.84. The third-order valence-corrected chi connectivity index (χ3v) is 3.04. The number of amides is 1.